The average Bonchev–Trinajstić information content (AvgIpc) is 2.37. The van der Waals surface area contributed by atoms with Crippen molar-refractivity contribution in [1.82, 2.24) is 5.43 Å². The first-order valence-electron chi connectivity index (χ1n) is 5.65. The molecule has 0 fully saturated rings. The van der Waals surface area contributed by atoms with E-state index in [1.165, 1.54) is 12.1 Å². The lowest BCUT2D eigenvalue weighted by Crippen LogP contribution is -2.23. The third-order valence-electron chi connectivity index (χ3n) is 2.65. The number of allylic oxidation sites excluding steroid dienone is 2. The Morgan fingerprint density at radius 3 is 2.44 bits per heavy atom. The minimum atomic E-state index is -0.445. The van der Waals surface area contributed by atoms with Gasteiger partial charge in [-0.3, -0.25) is 14.9 Å². The molecular formula is C12H13N3O3. The monoisotopic (exact) mass is 247 g/mol. The Morgan fingerprint density at radius 2 is 1.83 bits per heavy atom. The minimum Gasteiger partial charge on any atom is -0.305 e. The van der Waals surface area contributed by atoms with Crippen LogP contribution in [0.5, 0.6) is 0 Å². The molecule has 0 saturated heterocycles. The van der Waals surface area contributed by atoms with Gasteiger partial charge in [0, 0.05) is 30.3 Å². The van der Waals surface area contributed by atoms with E-state index in [0.29, 0.717) is 12.1 Å². The number of carbonyl (C=O) groups is 1. The molecule has 0 saturated carbocycles. The molecule has 2 N–H and O–H groups in total. The Balaban J connectivity index is 1.94. The van der Waals surface area contributed by atoms with Gasteiger partial charge in [0.15, 0.2) is 5.78 Å². The van der Waals surface area contributed by atoms with Crippen LogP contribution in [0.2, 0.25) is 0 Å². The lowest BCUT2D eigenvalue weighted by atomic mass is 10.0. The molecule has 18 heavy (non-hydrogen) atoms. The quantitative estimate of drug-likeness (QED) is 0.629. The second-order valence-electron chi connectivity index (χ2n) is 4.04. The van der Waals surface area contributed by atoms with E-state index >= 15 is 0 Å². The van der Waals surface area contributed by atoms with Crippen molar-refractivity contribution in [1.29, 1.82) is 0 Å². The normalized spacial score (nSPS) is 14.9. The van der Waals surface area contributed by atoms with E-state index < -0.39 is 4.92 Å². The fourth-order valence-corrected chi connectivity index (χ4v) is 1.71. The second-order valence-corrected chi connectivity index (χ2v) is 4.04. The molecule has 1 aliphatic carbocycles. The molecule has 1 aromatic rings. The largest absolute Gasteiger partial charge is 0.305 e. The summed E-state index contributed by atoms with van der Waals surface area (Å²) in [7, 11) is 0. The Morgan fingerprint density at radius 1 is 1.11 bits per heavy atom. The molecule has 6 heteroatoms. The van der Waals surface area contributed by atoms with Crippen LogP contribution in [0.4, 0.5) is 11.4 Å². The molecule has 6 nitrogen and oxygen atoms in total. The van der Waals surface area contributed by atoms with Crippen molar-refractivity contribution >= 4 is 17.2 Å². The van der Waals surface area contributed by atoms with Gasteiger partial charge in [0.2, 0.25) is 0 Å². The maximum absolute atomic E-state index is 11.2. The van der Waals surface area contributed by atoms with Crippen LogP contribution in [-0.4, -0.2) is 10.7 Å². The van der Waals surface area contributed by atoms with E-state index in [4.69, 9.17) is 0 Å². The van der Waals surface area contributed by atoms with Crippen molar-refractivity contribution in [2.45, 2.75) is 19.3 Å². The summed E-state index contributed by atoms with van der Waals surface area (Å²) in [5, 5.41) is 10.5. The number of anilines is 1. The highest BCUT2D eigenvalue weighted by Gasteiger charge is 2.09. The zero-order valence-corrected chi connectivity index (χ0v) is 9.68. The summed E-state index contributed by atoms with van der Waals surface area (Å²) in [6.45, 7) is 0. The number of rotatable bonds is 4. The summed E-state index contributed by atoms with van der Waals surface area (Å²) >= 11 is 0. The van der Waals surface area contributed by atoms with E-state index in [-0.39, 0.29) is 11.5 Å². The number of nitro benzene ring substituents is 1. The molecule has 0 aliphatic heterocycles. The predicted octanol–water partition coefficient (Wildman–Crippen LogP) is 2.15. The first-order chi connectivity index (χ1) is 8.65. The molecule has 0 amide bonds. The van der Waals surface area contributed by atoms with Gasteiger partial charge in [0.05, 0.1) is 10.6 Å². The number of carbonyl (C=O) groups excluding carboxylic acids is 1. The fourth-order valence-electron chi connectivity index (χ4n) is 1.71. The van der Waals surface area contributed by atoms with E-state index in [0.717, 1.165) is 18.5 Å². The molecule has 0 heterocycles. The number of hydrazine groups is 1. The fraction of sp³-hybridized carbons (Fsp3) is 0.250. The molecule has 0 spiro atoms. The van der Waals surface area contributed by atoms with Gasteiger partial charge in [-0.2, -0.15) is 0 Å². The van der Waals surface area contributed by atoms with Crippen LogP contribution in [0.15, 0.2) is 36.0 Å². The van der Waals surface area contributed by atoms with Crippen molar-refractivity contribution in [2.24, 2.45) is 0 Å². The van der Waals surface area contributed by atoms with Gasteiger partial charge >= 0.3 is 0 Å². The van der Waals surface area contributed by atoms with Crippen LogP contribution in [0.3, 0.4) is 0 Å². The van der Waals surface area contributed by atoms with Gasteiger partial charge < -0.3 is 10.9 Å². The zero-order valence-electron chi connectivity index (χ0n) is 9.68. The number of hydrogen-bond acceptors (Lipinski definition) is 5. The molecule has 1 aromatic carbocycles. The third-order valence-corrected chi connectivity index (χ3v) is 2.65. The summed E-state index contributed by atoms with van der Waals surface area (Å²) < 4.78 is 0. The van der Waals surface area contributed by atoms with Crippen molar-refractivity contribution in [3.63, 3.8) is 0 Å². The third kappa shape index (κ3) is 3.07. The highest BCUT2D eigenvalue weighted by molar-refractivity contribution is 5.91. The van der Waals surface area contributed by atoms with Crippen molar-refractivity contribution in [2.75, 3.05) is 5.43 Å². The van der Waals surface area contributed by atoms with Gasteiger partial charge in [-0.1, -0.05) is 0 Å². The molecule has 0 bridgehead atoms. The number of non-ortho nitro benzene ring substituents is 1. The van der Waals surface area contributed by atoms with E-state index in [1.54, 1.807) is 18.2 Å². The second kappa shape index (κ2) is 5.31. The molecule has 0 radical (unpaired) electrons. The summed E-state index contributed by atoms with van der Waals surface area (Å²) in [6.07, 6.45) is 3.86. The highest BCUT2D eigenvalue weighted by Crippen LogP contribution is 2.16. The molecule has 1 aliphatic rings. The Hall–Kier alpha value is -2.37. The van der Waals surface area contributed by atoms with Gasteiger partial charge in [-0.25, -0.2) is 0 Å². The topological polar surface area (TPSA) is 84.3 Å². The maximum Gasteiger partial charge on any atom is 0.269 e. The van der Waals surface area contributed by atoms with Crippen LogP contribution >= 0.6 is 0 Å². The summed E-state index contributed by atoms with van der Waals surface area (Å²) in [5.74, 6) is 0.120. The molecule has 0 atom stereocenters. The molecule has 0 aromatic heterocycles. The first kappa shape index (κ1) is 12.1. The Bertz CT molecular complexity index is 494. The smallest absolute Gasteiger partial charge is 0.269 e. The van der Waals surface area contributed by atoms with Gasteiger partial charge in [-0.15, -0.1) is 0 Å². The number of hydrogen-bond donors (Lipinski definition) is 2. The van der Waals surface area contributed by atoms with E-state index in [2.05, 4.69) is 10.9 Å². The lowest BCUT2D eigenvalue weighted by Gasteiger charge is -2.15. The Labute approximate surface area is 104 Å². The molecule has 2 rings (SSSR count). The summed E-state index contributed by atoms with van der Waals surface area (Å²) in [4.78, 5) is 21.2. The number of nitro groups is 1. The number of benzene rings is 1. The lowest BCUT2D eigenvalue weighted by molar-refractivity contribution is -0.384. The SMILES string of the molecule is O=C1C=C(NNc2ccc([N+](=O)[O-])cc2)CCC1. The molecule has 0 unspecified atom stereocenters. The van der Waals surface area contributed by atoms with Crippen molar-refractivity contribution < 1.29 is 9.72 Å². The van der Waals surface area contributed by atoms with Crippen molar-refractivity contribution in [3.8, 4) is 0 Å². The van der Waals surface area contributed by atoms with Crippen LogP contribution in [0.25, 0.3) is 0 Å². The zero-order chi connectivity index (χ0) is 13.0. The number of nitrogens with zero attached hydrogens (tertiary/aromatic N) is 1. The van der Waals surface area contributed by atoms with Crippen LogP contribution in [0, 0.1) is 10.1 Å². The van der Waals surface area contributed by atoms with E-state index in [1.807, 2.05) is 0 Å². The predicted molar refractivity (Wildman–Crippen MR) is 66.8 cm³/mol. The van der Waals surface area contributed by atoms with E-state index in [9.17, 15) is 14.9 Å². The molecule has 94 valence electrons. The van der Waals surface area contributed by atoms with Gasteiger partial charge in [0.25, 0.3) is 5.69 Å². The first-order valence-corrected chi connectivity index (χ1v) is 5.65. The van der Waals surface area contributed by atoms with Gasteiger partial charge in [-0.05, 0) is 25.0 Å². The van der Waals surface area contributed by atoms with Crippen LogP contribution in [0.1, 0.15) is 19.3 Å². The number of ketones is 1. The van der Waals surface area contributed by atoms with Crippen LogP contribution in [-0.2, 0) is 4.79 Å². The summed E-state index contributed by atoms with van der Waals surface area (Å²) in [5.41, 5.74) is 7.44. The maximum atomic E-state index is 11.2. The van der Waals surface area contributed by atoms with Gasteiger partial charge in [0.1, 0.15) is 0 Å². The average molecular weight is 247 g/mol. The molecular weight excluding hydrogens is 234 g/mol. The van der Waals surface area contributed by atoms with Crippen LogP contribution < -0.4 is 10.9 Å². The minimum absolute atomic E-state index is 0.0487. The van der Waals surface area contributed by atoms with Crippen molar-refractivity contribution in [3.05, 3.63) is 46.2 Å². The Kier molecular flexibility index (Phi) is 3.57. The standard InChI is InChI=1S/C12H13N3O3/c16-12-3-1-2-10(8-12)14-13-9-4-6-11(7-5-9)15(17)18/h4-8,13-14H,1-3H2. The highest BCUT2D eigenvalue weighted by atomic mass is 16.6. The number of nitrogens with one attached hydrogen (secondary N) is 2. The summed E-state index contributed by atoms with van der Waals surface area (Å²) in [6, 6.07) is 6.06.